The second-order valence-electron chi connectivity index (χ2n) is 7.34. The fourth-order valence-corrected chi connectivity index (χ4v) is 4.49. The number of rotatable bonds is 8. The molecular weight excluding hydrogens is 404 g/mol. The summed E-state index contributed by atoms with van der Waals surface area (Å²) in [6.07, 6.45) is 1.33. The van der Waals surface area contributed by atoms with Crippen LogP contribution in [0.25, 0.3) is 10.2 Å². The summed E-state index contributed by atoms with van der Waals surface area (Å²) >= 11 is 1.52. The van der Waals surface area contributed by atoms with Crippen molar-refractivity contribution in [1.82, 2.24) is 4.98 Å². The van der Waals surface area contributed by atoms with Crippen molar-refractivity contribution in [2.45, 2.75) is 33.2 Å². The van der Waals surface area contributed by atoms with E-state index in [0.29, 0.717) is 24.7 Å². The van der Waals surface area contributed by atoms with Crippen LogP contribution in [0, 0.1) is 0 Å². The predicted octanol–water partition coefficient (Wildman–Crippen LogP) is 6.03. The van der Waals surface area contributed by atoms with Crippen LogP contribution in [0.3, 0.4) is 0 Å². The Morgan fingerprint density at radius 3 is 2.35 bits per heavy atom. The molecule has 0 bridgehead atoms. The quantitative estimate of drug-likeness (QED) is 0.343. The van der Waals surface area contributed by atoms with Crippen LogP contribution in [0.15, 0.2) is 72.8 Å². The molecule has 0 radical (unpaired) electrons. The van der Waals surface area contributed by atoms with Gasteiger partial charge in [-0.15, -0.1) is 0 Å². The number of anilines is 1. The average Bonchev–Trinajstić information content (AvgIpc) is 3.24. The summed E-state index contributed by atoms with van der Waals surface area (Å²) in [5.74, 6) is 0.787. The second-order valence-corrected chi connectivity index (χ2v) is 8.35. The van der Waals surface area contributed by atoms with Gasteiger partial charge in [0.2, 0.25) is 5.91 Å². The van der Waals surface area contributed by atoms with E-state index >= 15 is 0 Å². The molecule has 0 aliphatic heterocycles. The lowest BCUT2D eigenvalue weighted by atomic mass is 10.1. The van der Waals surface area contributed by atoms with E-state index in [1.54, 1.807) is 4.90 Å². The molecule has 4 nitrogen and oxygen atoms in total. The number of carbonyl (C=O) groups excluding carboxylic acids is 1. The molecule has 1 aromatic heterocycles. The van der Waals surface area contributed by atoms with E-state index in [1.807, 2.05) is 67.6 Å². The van der Waals surface area contributed by atoms with Crippen LogP contribution in [0.2, 0.25) is 0 Å². The van der Waals surface area contributed by atoms with E-state index in [0.717, 1.165) is 33.5 Å². The molecule has 4 rings (SSSR count). The number of benzene rings is 3. The van der Waals surface area contributed by atoms with Gasteiger partial charge >= 0.3 is 0 Å². The summed E-state index contributed by atoms with van der Waals surface area (Å²) in [5, 5.41) is 0.696. The second kappa shape index (κ2) is 9.75. The highest BCUT2D eigenvalue weighted by molar-refractivity contribution is 7.22. The lowest BCUT2D eigenvalue weighted by Gasteiger charge is -2.20. The van der Waals surface area contributed by atoms with Gasteiger partial charge in [0, 0.05) is 0 Å². The third-order valence-electron chi connectivity index (χ3n) is 5.17. The highest BCUT2D eigenvalue weighted by Crippen LogP contribution is 2.35. The molecule has 0 fully saturated rings. The molecular formula is C26H26N2O2S. The largest absolute Gasteiger partial charge is 0.492 e. The Labute approximate surface area is 187 Å². The number of nitrogens with zero attached hydrogens (tertiary/aromatic N) is 2. The Morgan fingerprint density at radius 1 is 0.903 bits per heavy atom. The maximum Gasteiger partial charge on any atom is 0.233 e. The Morgan fingerprint density at radius 2 is 1.65 bits per heavy atom. The molecule has 1 amide bonds. The minimum atomic E-state index is 0.0325. The zero-order valence-corrected chi connectivity index (χ0v) is 18.7. The molecule has 158 valence electrons. The third kappa shape index (κ3) is 4.94. The van der Waals surface area contributed by atoms with E-state index in [2.05, 4.69) is 19.1 Å². The Bertz CT molecular complexity index is 1150. The molecule has 0 saturated heterocycles. The molecule has 0 N–H and O–H groups in total. The lowest BCUT2D eigenvalue weighted by molar-refractivity contribution is -0.118. The molecule has 0 aliphatic carbocycles. The van der Waals surface area contributed by atoms with E-state index in [-0.39, 0.29) is 5.91 Å². The standard InChI is InChI=1S/C26H26N2O2S/c1-3-19-13-15-20(16-14-19)17-24(29)28(18-21-9-6-5-7-10-21)26-27-25-22(30-4-2)11-8-12-23(25)31-26/h5-16H,3-4,17-18H2,1-2H3. The van der Waals surface area contributed by atoms with Crippen LogP contribution >= 0.6 is 11.3 Å². The number of thiazole rings is 1. The summed E-state index contributed by atoms with van der Waals surface area (Å²) in [4.78, 5) is 20.0. The average molecular weight is 431 g/mol. The maximum atomic E-state index is 13.4. The SMILES string of the molecule is CCOc1cccc2sc(N(Cc3ccccc3)C(=O)Cc3ccc(CC)cc3)nc12. The number of aryl methyl sites for hydroxylation is 1. The van der Waals surface area contributed by atoms with Crippen LogP contribution in [-0.2, 0) is 24.2 Å². The van der Waals surface area contributed by atoms with Gasteiger partial charge in [0.25, 0.3) is 0 Å². The molecule has 0 unspecified atom stereocenters. The number of fused-ring (bicyclic) bond motifs is 1. The van der Waals surface area contributed by atoms with E-state index in [4.69, 9.17) is 9.72 Å². The zero-order valence-electron chi connectivity index (χ0n) is 17.9. The fraction of sp³-hybridized carbons (Fsp3) is 0.231. The van der Waals surface area contributed by atoms with Gasteiger partial charge in [-0.2, -0.15) is 0 Å². The minimum Gasteiger partial charge on any atom is -0.492 e. The van der Waals surface area contributed by atoms with Crippen LogP contribution in [0.1, 0.15) is 30.5 Å². The minimum absolute atomic E-state index is 0.0325. The number of para-hydroxylation sites is 1. The first-order valence-corrected chi connectivity index (χ1v) is 11.4. The van der Waals surface area contributed by atoms with Gasteiger partial charge < -0.3 is 4.74 Å². The van der Waals surface area contributed by atoms with E-state index in [9.17, 15) is 4.79 Å². The summed E-state index contributed by atoms with van der Waals surface area (Å²) in [5.41, 5.74) is 4.16. The Hall–Kier alpha value is -3.18. The zero-order chi connectivity index (χ0) is 21.6. The predicted molar refractivity (Wildman–Crippen MR) is 128 cm³/mol. The first kappa shape index (κ1) is 21.1. The van der Waals surface area contributed by atoms with E-state index in [1.165, 1.54) is 16.9 Å². The molecule has 31 heavy (non-hydrogen) atoms. The third-order valence-corrected chi connectivity index (χ3v) is 6.22. The normalized spacial score (nSPS) is 10.9. The van der Waals surface area contributed by atoms with Crippen LogP contribution in [-0.4, -0.2) is 17.5 Å². The van der Waals surface area contributed by atoms with Gasteiger partial charge in [-0.05, 0) is 42.2 Å². The van der Waals surface area contributed by atoms with Crippen molar-refractivity contribution in [3.63, 3.8) is 0 Å². The molecule has 0 atom stereocenters. The smallest absolute Gasteiger partial charge is 0.233 e. The first-order chi connectivity index (χ1) is 15.2. The summed E-state index contributed by atoms with van der Waals surface area (Å²) in [6, 6.07) is 24.2. The number of ether oxygens (including phenoxy) is 1. The van der Waals surface area contributed by atoms with Crippen molar-refractivity contribution >= 4 is 32.6 Å². The number of aromatic nitrogens is 1. The summed E-state index contributed by atoms with van der Waals surface area (Å²) in [7, 11) is 0. The van der Waals surface area contributed by atoms with Crippen molar-refractivity contribution in [3.05, 3.63) is 89.5 Å². The fourth-order valence-electron chi connectivity index (χ4n) is 3.49. The molecule has 0 saturated carbocycles. The van der Waals surface area contributed by atoms with Crippen LogP contribution in [0.4, 0.5) is 5.13 Å². The number of amides is 1. The number of carbonyl (C=O) groups is 1. The van der Waals surface area contributed by atoms with Crippen molar-refractivity contribution in [3.8, 4) is 5.75 Å². The highest BCUT2D eigenvalue weighted by atomic mass is 32.1. The molecule has 0 spiro atoms. The van der Waals surface area contributed by atoms with Crippen LogP contribution < -0.4 is 9.64 Å². The summed E-state index contributed by atoms with van der Waals surface area (Å²) in [6.45, 7) is 5.15. The lowest BCUT2D eigenvalue weighted by Crippen LogP contribution is -2.31. The topological polar surface area (TPSA) is 42.4 Å². The molecule has 4 aromatic rings. The molecule has 3 aromatic carbocycles. The highest BCUT2D eigenvalue weighted by Gasteiger charge is 2.21. The van der Waals surface area contributed by atoms with Gasteiger partial charge in [0.15, 0.2) is 5.13 Å². The van der Waals surface area contributed by atoms with Gasteiger partial charge in [0.05, 0.1) is 24.3 Å². The van der Waals surface area contributed by atoms with Crippen LogP contribution in [0.5, 0.6) is 5.75 Å². The van der Waals surface area contributed by atoms with Gasteiger partial charge in [-0.3, -0.25) is 9.69 Å². The Balaban J connectivity index is 1.67. The van der Waals surface area contributed by atoms with Crippen molar-refractivity contribution < 1.29 is 9.53 Å². The van der Waals surface area contributed by atoms with Gasteiger partial charge in [0.1, 0.15) is 11.3 Å². The first-order valence-electron chi connectivity index (χ1n) is 10.6. The van der Waals surface area contributed by atoms with Crippen molar-refractivity contribution in [2.24, 2.45) is 0 Å². The monoisotopic (exact) mass is 430 g/mol. The van der Waals surface area contributed by atoms with Gasteiger partial charge in [-0.1, -0.05) is 78.9 Å². The number of hydrogen-bond acceptors (Lipinski definition) is 4. The molecule has 0 aliphatic rings. The molecule has 5 heteroatoms. The summed E-state index contributed by atoms with van der Waals surface area (Å²) < 4.78 is 6.76. The number of hydrogen-bond donors (Lipinski definition) is 0. The molecule has 1 heterocycles. The Kier molecular flexibility index (Phi) is 6.63. The van der Waals surface area contributed by atoms with Crippen molar-refractivity contribution in [1.29, 1.82) is 0 Å². The maximum absolute atomic E-state index is 13.4. The van der Waals surface area contributed by atoms with E-state index < -0.39 is 0 Å². The van der Waals surface area contributed by atoms with Gasteiger partial charge in [-0.25, -0.2) is 4.98 Å². The van der Waals surface area contributed by atoms with Crippen molar-refractivity contribution in [2.75, 3.05) is 11.5 Å².